The van der Waals surface area contributed by atoms with Crippen LogP contribution in [0.5, 0.6) is 0 Å². The highest BCUT2D eigenvalue weighted by Crippen LogP contribution is 2.12. The van der Waals surface area contributed by atoms with Gasteiger partial charge in [-0.1, -0.05) is 0 Å². The van der Waals surface area contributed by atoms with E-state index in [-0.39, 0.29) is 6.54 Å². The van der Waals surface area contributed by atoms with Crippen LogP contribution in [0, 0.1) is 0 Å². The van der Waals surface area contributed by atoms with Crippen molar-refractivity contribution in [3.63, 3.8) is 0 Å². The zero-order valence-corrected chi connectivity index (χ0v) is 7.10. The lowest BCUT2D eigenvalue weighted by atomic mass is 10.3. The fourth-order valence-corrected chi connectivity index (χ4v) is 0.912. The number of nitrogens with one attached hydrogen (secondary N) is 1. The Morgan fingerprint density at radius 1 is 1.54 bits per heavy atom. The summed E-state index contributed by atoms with van der Waals surface area (Å²) in [6.07, 6.45) is -0.949. The highest BCUT2D eigenvalue weighted by Gasteiger charge is 2.26. The second-order valence-electron chi connectivity index (χ2n) is 2.74. The van der Waals surface area contributed by atoms with Crippen molar-refractivity contribution in [2.75, 3.05) is 6.54 Å². The molecule has 0 fully saturated rings. The van der Waals surface area contributed by atoms with Gasteiger partial charge in [0.1, 0.15) is 0 Å². The Hall–Kier alpha value is -1.04. The lowest BCUT2D eigenvalue weighted by molar-refractivity contribution is -0.125. The summed E-state index contributed by atoms with van der Waals surface area (Å²) in [7, 11) is 1.72. The van der Waals surface area contributed by atoms with Gasteiger partial charge in [0, 0.05) is 25.4 Å². The average molecular weight is 193 g/mol. The predicted octanol–water partition coefficient (Wildman–Crippen LogP) is 1.07. The largest absolute Gasteiger partial charge is 0.401 e. The quantitative estimate of drug-likeness (QED) is 0.778. The molecule has 0 saturated heterocycles. The molecule has 1 heterocycles. The summed E-state index contributed by atoms with van der Waals surface area (Å²) >= 11 is 0. The van der Waals surface area contributed by atoms with Crippen LogP contribution in [0.25, 0.3) is 0 Å². The van der Waals surface area contributed by atoms with Crippen molar-refractivity contribution in [1.82, 2.24) is 15.1 Å². The van der Waals surface area contributed by atoms with Gasteiger partial charge in [0.15, 0.2) is 0 Å². The summed E-state index contributed by atoms with van der Waals surface area (Å²) in [5, 5.41) is 6.10. The van der Waals surface area contributed by atoms with Crippen LogP contribution >= 0.6 is 0 Å². The Balaban J connectivity index is 2.28. The van der Waals surface area contributed by atoms with E-state index in [2.05, 4.69) is 10.4 Å². The number of halogens is 3. The summed E-state index contributed by atoms with van der Waals surface area (Å²) in [6, 6.07) is 0. The topological polar surface area (TPSA) is 29.9 Å². The standard InChI is InChI=1S/C7H10F3N3/c1-13-4-6(3-12-13)2-11-5-7(8,9)10/h3-4,11H,2,5H2,1H3. The Labute approximate surface area is 73.5 Å². The first-order valence-corrected chi connectivity index (χ1v) is 3.72. The van der Waals surface area contributed by atoms with E-state index >= 15 is 0 Å². The van der Waals surface area contributed by atoms with Crippen LogP contribution < -0.4 is 5.32 Å². The van der Waals surface area contributed by atoms with Gasteiger partial charge >= 0.3 is 6.18 Å². The van der Waals surface area contributed by atoms with Gasteiger partial charge < -0.3 is 5.32 Å². The second kappa shape index (κ2) is 3.78. The highest BCUT2D eigenvalue weighted by molar-refractivity contribution is 5.02. The lowest BCUT2D eigenvalue weighted by Crippen LogP contribution is -2.28. The van der Waals surface area contributed by atoms with Crippen molar-refractivity contribution in [2.24, 2.45) is 7.05 Å². The van der Waals surface area contributed by atoms with E-state index in [4.69, 9.17) is 0 Å². The van der Waals surface area contributed by atoms with Crippen LogP contribution in [0.1, 0.15) is 5.56 Å². The maximum atomic E-state index is 11.7. The molecule has 74 valence electrons. The second-order valence-corrected chi connectivity index (χ2v) is 2.74. The van der Waals surface area contributed by atoms with Crippen LogP contribution in [-0.4, -0.2) is 22.5 Å². The average Bonchev–Trinajstić information content (AvgIpc) is 2.33. The van der Waals surface area contributed by atoms with E-state index in [1.807, 2.05) is 0 Å². The Kier molecular flexibility index (Phi) is 2.92. The van der Waals surface area contributed by atoms with Gasteiger partial charge in [-0.2, -0.15) is 18.3 Å². The molecular weight excluding hydrogens is 183 g/mol. The predicted molar refractivity (Wildman–Crippen MR) is 41.0 cm³/mol. The Bertz CT molecular complexity index is 266. The van der Waals surface area contributed by atoms with Gasteiger partial charge in [-0.3, -0.25) is 4.68 Å². The van der Waals surface area contributed by atoms with Crippen LogP contribution in [0.2, 0.25) is 0 Å². The number of aryl methyl sites for hydroxylation is 1. The number of aromatic nitrogens is 2. The fourth-order valence-electron chi connectivity index (χ4n) is 0.912. The van der Waals surface area contributed by atoms with Crippen molar-refractivity contribution in [3.8, 4) is 0 Å². The summed E-state index contributed by atoms with van der Waals surface area (Å²) < 4.78 is 36.6. The first-order valence-electron chi connectivity index (χ1n) is 3.72. The van der Waals surface area contributed by atoms with E-state index in [1.54, 1.807) is 17.9 Å². The minimum atomic E-state index is -4.15. The van der Waals surface area contributed by atoms with Crippen molar-refractivity contribution < 1.29 is 13.2 Å². The van der Waals surface area contributed by atoms with E-state index in [0.717, 1.165) is 5.56 Å². The molecule has 0 amide bonds. The third-order valence-electron chi connectivity index (χ3n) is 1.41. The molecule has 1 rings (SSSR count). The number of rotatable bonds is 3. The molecule has 0 radical (unpaired) electrons. The van der Waals surface area contributed by atoms with E-state index in [0.29, 0.717) is 0 Å². The number of hydrogen-bond donors (Lipinski definition) is 1. The minimum absolute atomic E-state index is 0.188. The molecule has 0 aliphatic carbocycles. The molecule has 0 atom stereocenters. The number of hydrogen-bond acceptors (Lipinski definition) is 2. The van der Waals surface area contributed by atoms with Crippen LogP contribution in [0.15, 0.2) is 12.4 Å². The van der Waals surface area contributed by atoms with Crippen LogP contribution in [-0.2, 0) is 13.6 Å². The third kappa shape index (κ3) is 3.93. The normalized spacial score (nSPS) is 12.0. The minimum Gasteiger partial charge on any atom is -0.304 e. The molecular formula is C7H10F3N3. The van der Waals surface area contributed by atoms with Gasteiger partial charge in [-0.25, -0.2) is 0 Å². The maximum absolute atomic E-state index is 11.7. The molecule has 0 unspecified atom stereocenters. The monoisotopic (exact) mass is 193 g/mol. The van der Waals surface area contributed by atoms with Crippen molar-refractivity contribution >= 4 is 0 Å². The van der Waals surface area contributed by atoms with Gasteiger partial charge in [0.2, 0.25) is 0 Å². The number of alkyl halides is 3. The van der Waals surface area contributed by atoms with Crippen LogP contribution in [0.3, 0.4) is 0 Å². The summed E-state index contributed by atoms with van der Waals surface area (Å²) in [4.78, 5) is 0. The number of nitrogens with zero attached hydrogens (tertiary/aromatic N) is 2. The first-order chi connectivity index (χ1) is 5.97. The first kappa shape index (κ1) is 10.0. The fraction of sp³-hybridized carbons (Fsp3) is 0.571. The van der Waals surface area contributed by atoms with Crippen molar-refractivity contribution in [3.05, 3.63) is 18.0 Å². The summed E-state index contributed by atoms with van der Waals surface area (Å²) in [6.45, 7) is -0.782. The zero-order chi connectivity index (χ0) is 9.90. The van der Waals surface area contributed by atoms with Gasteiger partial charge in [0.25, 0.3) is 0 Å². The molecule has 1 N–H and O–H groups in total. The summed E-state index contributed by atoms with van der Waals surface area (Å²) in [5.41, 5.74) is 0.742. The molecule has 13 heavy (non-hydrogen) atoms. The Morgan fingerprint density at radius 3 is 2.69 bits per heavy atom. The van der Waals surface area contributed by atoms with E-state index in [1.165, 1.54) is 6.20 Å². The highest BCUT2D eigenvalue weighted by atomic mass is 19.4. The third-order valence-corrected chi connectivity index (χ3v) is 1.41. The van der Waals surface area contributed by atoms with E-state index in [9.17, 15) is 13.2 Å². The molecule has 0 aliphatic rings. The Morgan fingerprint density at radius 2 is 2.23 bits per heavy atom. The zero-order valence-electron chi connectivity index (χ0n) is 7.10. The SMILES string of the molecule is Cn1cc(CNCC(F)(F)F)cn1. The van der Waals surface area contributed by atoms with Gasteiger partial charge in [-0.05, 0) is 0 Å². The molecule has 3 nitrogen and oxygen atoms in total. The van der Waals surface area contributed by atoms with Crippen LogP contribution in [0.4, 0.5) is 13.2 Å². The maximum Gasteiger partial charge on any atom is 0.401 e. The molecule has 0 aliphatic heterocycles. The molecule has 1 aromatic heterocycles. The molecule has 0 bridgehead atoms. The smallest absolute Gasteiger partial charge is 0.304 e. The molecule has 1 aromatic rings. The van der Waals surface area contributed by atoms with E-state index < -0.39 is 12.7 Å². The van der Waals surface area contributed by atoms with Crippen molar-refractivity contribution in [2.45, 2.75) is 12.7 Å². The van der Waals surface area contributed by atoms with Gasteiger partial charge in [-0.15, -0.1) is 0 Å². The summed E-state index contributed by atoms with van der Waals surface area (Å²) in [5.74, 6) is 0. The molecule has 0 saturated carbocycles. The molecule has 0 aromatic carbocycles. The van der Waals surface area contributed by atoms with Gasteiger partial charge in [0.05, 0.1) is 12.7 Å². The lowest BCUT2D eigenvalue weighted by Gasteiger charge is -2.06. The van der Waals surface area contributed by atoms with Crippen molar-refractivity contribution in [1.29, 1.82) is 0 Å². The molecule has 6 heteroatoms. The molecule has 0 spiro atoms.